The second-order valence-electron chi connectivity index (χ2n) is 7.48. The highest BCUT2D eigenvalue weighted by molar-refractivity contribution is 7.15. The van der Waals surface area contributed by atoms with Gasteiger partial charge in [-0.15, -0.1) is 11.3 Å². The Hall–Kier alpha value is -2.87. The van der Waals surface area contributed by atoms with Crippen LogP contribution in [0, 0.1) is 0 Å². The third-order valence-electron chi connectivity index (χ3n) is 5.51. The molecule has 0 radical (unpaired) electrons. The van der Waals surface area contributed by atoms with Crippen molar-refractivity contribution in [2.45, 2.75) is 31.9 Å². The van der Waals surface area contributed by atoms with Crippen molar-refractivity contribution in [2.24, 2.45) is 0 Å². The second kappa shape index (κ2) is 7.51. The van der Waals surface area contributed by atoms with E-state index < -0.39 is 6.10 Å². The van der Waals surface area contributed by atoms with Gasteiger partial charge in [-0.1, -0.05) is 12.1 Å². The summed E-state index contributed by atoms with van der Waals surface area (Å²) in [6, 6.07) is 9.30. The molecule has 2 aliphatic rings. The lowest BCUT2D eigenvalue weighted by Gasteiger charge is -2.38. The molecule has 0 bridgehead atoms. The van der Waals surface area contributed by atoms with Gasteiger partial charge in [0.15, 0.2) is 11.1 Å². The molecule has 1 fully saturated rings. The SMILES string of the molecule is O=C([C@H]1CN(Cc2cc(=O)n3ccsc3n2)c2ccccc2O1)N1CCCCC1. The highest BCUT2D eigenvalue weighted by atomic mass is 32.1. The number of para-hydroxylation sites is 2. The Balaban J connectivity index is 1.44. The molecule has 0 aliphatic carbocycles. The van der Waals surface area contributed by atoms with Gasteiger partial charge in [-0.2, -0.15) is 0 Å². The first-order valence-electron chi connectivity index (χ1n) is 9.94. The summed E-state index contributed by atoms with van der Waals surface area (Å²) in [5, 5.41) is 1.85. The molecule has 0 spiro atoms. The van der Waals surface area contributed by atoms with Crippen LogP contribution in [-0.2, 0) is 11.3 Å². The van der Waals surface area contributed by atoms with Crippen LogP contribution in [0.1, 0.15) is 25.0 Å². The summed E-state index contributed by atoms with van der Waals surface area (Å²) in [4.78, 5) is 34.7. The maximum atomic E-state index is 13.1. The Bertz CT molecular complexity index is 1100. The van der Waals surface area contributed by atoms with Gasteiger partial charge in [0.05, 0.1) is 24.5 Å². The van der Waals surface area contributed by atoms with E-state index in [9.17, 15) is 9.59 Å². The fraction of sp³-hybridized carbons (Fsp3) is 0.381. The lowest BCUT2D eigenvalue weighted by molar-refractivity contribution is -0.139. The van der Waals surface area contributed by atoms with Crippen LogP contribution in [0.3, 0.4) is 0 Å². The number of piperidine rings is 1. The van der Waals surface area contributed by atoms with E-state index in [1.807, 2.05) is 34.5 Å². The number of thiazole rings is 1. The average Bonchev–Trinajstić information content (AvgIpc) is 3.23. The molecule has 2 aliphatic heterocycles. The van der Waals surface area contributed by atoms with Crippen molar-refractivity contribution in [3.05, 3.63) is 58.0 Å². The minimum atomic E-state index is -0.547. The third-order valence-corrected chi connectivity index (χ3v) is 6.27. The fourth-order valence-corrected chi connectivity index (χ4v) is 4.81. The Labute approximate surface area is 172 Å². The number of benzene rings is 1. The van der Waals surface area contributed by atoms with E-state index in [2.05, 4.69) is 9.88 Å². The highest BCUT2D eigenvalue weighted by Gasteiger charge is 2.34. The molecular weight excluding hydrogens is 388 g/mol. The molecule has 1 amide bonds. The van der Waals surface area contributed by atoms with Gasteiger partial charge in [0.25, 0.3) is 11.5 Å². The molecule has 4 heterocycles. The largest absolute Gasteiger partial charge is 0.477 e. The number of carbonyl (C=O) groups excluding carboxylic acids is 1. The number of likely N-dealkylation sites (tertiary alicyclic amines) is 1. The lowest BCUT2D eigenvalue weighted by Crippen LogP contribution is -2.51. The molecule has 0 saturated carbocycles. The molecule has 2 aromatic heterocycles. The first-order chi connectivity index (χ1) is 14.2. The molecule has 0 N–H and O–H groups in total. The van der Waals surface area contributed by atoms with E-state index in [4.69, 9.17) is 4.74 Å². The zero-order valence-corrected chi connectivity index (χ0v) is 16.8. The summed E-state index contributed by atoms with van der Waals surface area (Å²) in [5.74, 6) is 0.744. The van der Waals surface area contributed by atoms with E-state index in [0.717, 1.165) is 31.6 Å². The minimum absolute atomic E-state index is 0.0472. The zero-order valence-electron chi connectivity index (χ0n) is 16.0. The number of hydrogen-bond acceptors (Lipinski definition) is 6. The standard InChI is InChI=1S/C21H22N4O3S/c26-19-12-15(22-21-25(19)10-11-29-21)13-24-14-18(20(27)23-8-4-1-5-9-23)28-17-7-3-2-6-16(17)24/h2-3,6-7,10-12,18H,1,4-5,8-9,13-14H2/t18-/m1/s1. The smallest absolute Gasteiger partial charge is 0.265 e. The van der Waals surface area contributed by atoms with Crippen molar-refractivity contribution in [1.82, 2.24) is 14.3 Å². The quantitative estimate of drug-likeness (QED) is 0.664. The molecule has 150 valence electrons. The van der Waals surface area contributed by atoms with E-state index >= 15 is 0 Å². The summed E-state index contributed by atoms with van der Waals surface area (Å²) >= 11 is 1.44. The Morgan fingerprint density at radius 2 is 2.03 bits per heavy atom. The number of carbonyl (C=O) groups is 1. The van der Waals surface area contributed by atoms with Crippen LogP contribution >= 0.6 is 11.3 Å². The van der Waals surface area contributed by atoms with Crippen LogP contribution < -0.4 is 15.2 Å². The van der Waals surface area contributed by atoms with Crippen molar-refractivity contribution in [3.8, 4) is 5.75 Å². The molecule has 8 heteroatoms. The van der Waals surface area contributed by atoms with E-state index in [1.165, 1.54) is 17.8 Å². The number of anilines is 1. The van der Waals surface area contributed by atoms with Crippen LogP contribution in [0.4, 0.5) is 5.69 Å². The number of amides is 1. The normalized spacial score (nSPS) is 19.1. The number of aromatic nitrogens is 2. The third kappa shape index (κ3) is 3.48. The molecule has 3 aromatic rings. The Kier molecular flexibility index (Phi) is 4.71. The topological polar surface area (TPSA) is 67.2 Å². The van der Waals surface area contributed by atoms with Crippen molar-refractivity contribution in [2.75, 3.05) is 24.5 Å². The number of fused-ring (bicyclic) bond motifs is 2. The highest BCUT2D eigenvalue weighted by Crippen LogP contribution is 2.34. The number of rotatable bonds is 3. The number of nitrogens with zero attached hydrogens (tertiary/aromatic N) is 4. The van der Waals surface area contributed by atoms with Gasteiger partial charge < -0.3 is 14.5 Å². The van der Waals surface area contributed by atoms with Gasteiger partial charge >= 0.3 is 0 Å². The van der Waals surface area contributed by atoms with Gasteiger partial charge in [-0.25, -0.2) is 4.98 Å². The molecule has 29 heavy (non-hydrogen) atoms. The molecule has 1 atom stereocenters. The summed E-state index contributed by atoms with van der Waals surface area (Å²) in [6.07, 6.45) is 4.46. The molecule has 0 unspecified atom stereocenters. The predicted molar refractivity (Wildman–Crippen MR) is 112 cm³/mol. The van der Waals surface area contributed by atoms with E-state index in [1.54, 1.807) is 16.7 Å². The summed E-state index contributed by atoms with van der Waals surface area (Å²) in [6.45, 7) is 2.49. The van der Waals surface area contributed by atoms with Crippen LogP contribution in [0.2, 0.25) is 0 Å². The maximum Gasteiger partial charge on any atom is 0.265 e. The van der Waals surface area contributed by atoms with Crippen LogP contribution in [0.25, 0.3) is 4.96 Å². The van der Waals surface area contributed by atoms with Crippen molar-refractivity contribution < 1.29 is 9.53 Å². The number of ether oxygens (including phenoxy) is 1. The van der Waals surface area contributed by atoms with Gasteiger partial charge in [-0.3, -0.25) is 14.0 Å². The summed E-state index contributed by atoms with van der Waals surface area (Å²) < 4.78 is 7.63. The molecule has 7 nitrogen and oxygen atoms in total. The summed E-state index contributed by atoms with van der Waals surface area (Å²) in [5.41, 5.74) is 1.52. The maximum absolute atomic E-state index is 13.1. The van der Waals surface area contributed by atoms with Gasteiger partial charge in [0.2, 0.25) is 0 Å². The van der Waals surface area contributed by atoms with Gasteiger partial charge in [0, 0.05) is 30.7 Å². The van der Waals surface area contributed by atoms with Gasteiger partial charge in [-0.05, 0) is 31.4 Å². The first-order valence-corrected chi connectivity index (χ1v) is 10.8. The van der Waals surface area contributed by atoms with Crippen LogP contribution in [0.15, 0.2) is 46.7 Å². The molecule has 1 saturated heterocycles. The lowest BCUT2D eigenvalue weighted by atomic mass is 10.1. The Morgan fingerprint density at radius 3 is 2.90 bits per heavy atom. The van der Waals surface area contributed by atoms with E-state index in [0.29, 0.717) is 29.5 Å². The van der Waals surface area contributed by atoms with Crippen molar-refractivity contribution in [1.29, 1.82) is 0 Å². The van der Waals surface area contributed by atoms with E-state index in [-0.39, 0.29) is 11.5 Å². The second-order valence-corrected chi connectivity index (χ2v) is 8.36. The monoisotopic (exact) mass is 410 g/mol. The predicted octanol–water partition coefficient (Wildman–Crippen LogP) is 2.54. The molecule has 1 aromatic carbocycles. The minimum Gasteiger partial charge on any atom is -0.477 e. The first kappa shape index (κ1) is 18.2. The summed E-state index contributed by atoms with van der Waals surface area (Å²) in [7, 11) is 0. The van der Waals surface area contributed by atoms with Crippen molar-refractivity contribution >= 4 is 27.9 Å². The average molecular weight is 410 g/mol. The van der Waals surface area contributed by atoms with Crippen LogP contribution in [-0.4, -0.2) is 45.9 Å². The number of hydrogen-bond donors (Lipinski definition) is 0. The van der Waals surface area contributed by atoms with Gasteiger partial charge in [0.1, 0.15) is 5.75 Å². The molecule has 5 rings (SSSR count). The molecular formula is C21H22N4O3S. The zero-order chi connectivity index (χ0) is 19.8. The van der Waals surface area contributed by atoms with Crippen molar-refractivity contribution in [3.63, 3.8) is 0 Å². The Morgan fingerprint density at radius 1 is 1.21 bits per heavy atom. The van der Waals surface area contributed by atoms with Crippen LogP contribution in [0.5, 0.6) is 5.75 Å². The fourth-order valence-electron chi connectivity index (χ4n) is 4.07.